The van der Waals surface area contributed by atoms with Crippen molar-refractivity contribution in [2.45, 2.75) is 20.0 Å². The van der Waals surface area contributed by atoms with Crippen molar-refractivity contribution in [2.75, 3.05) is 12.8 Å². The Morgan fingerprint density at radius 1 is 1.33 bits per heavy atom. The van der Waals surface area contributed by atoms with E-state index in [2.05, 4.69) is 26.0 Å². The summed E-state index contributed by atoms with van der Waals surface area (Å²) in [6, 6.07) is 7.90. The van der Waals surface area contributed by atoms with Gasteiger partial charge in [-0.15, -0.1) is 0 Å². The predicted molar refractivity (Wildman–Crippen MR) is 75.0 cm³/mol. The first-order valence-electron chi connectivity index (χ1n) is 5.69. The molecule has 1 aromatic carbocycles. The Morgan fingerprint density at radius 3 is 2.72 bits per heavy atom. The molecule has 0 amide bonds. The summed E-state index contributed by atoms with van der Waals surface area (Å²) >= 11 is 3.40. The fourth-order valence-corrected chi connectivity index (χ4v) is 2.20. The number of nitrogen functional groups attached to an aromatic ring is 1. The third-order valence-electron chi connectivity index (χ3n) is 2.66. The van der Waals surface area contributed by atoms with Gasteiger partial charge in [0, 0.05) is 29.3 Å². The zero-order valence-electron chi connectivity index (χ0n) is 10.5. The molecule has 1 aromatic heterocycles. The number of nitrogens with zero attached hydrogens (tertiary/aromatic N) is 2. The lowest BCUT2D eigenvalue weighted by atomic mass is 10.1. The van der Waals surface area contributed by atoms with E-state index in [1.165, 1.54) is 0 Å². The van der Waals surface area contributed by atoms with E-state index in [0.717, 1.165) is 40.3 Å². The van der Waals surface area contributed by atoms with E-state index in [0.29, 0.717) is 0 Å². The predicted octanol–water partition coefficient (Wildman–Crippen LogP) is 2.96. The van der Waals surface area contributed by atoms with Crippen LogP contribution in [0.25, 0.3) is 0 Å². The van der Waals surface area contributed by atoms with E-state index in [1.54, 1.807) is 0 Å². The van der Waals surface area contributed by atoms with Crippen LogP contribution in [0.1, 0.15) is 17.0 Å². The molecule has 2 N–H and O–H groups in total. The molecular weight excluding hydrogens is 294 g/mol. The van der Waals surface area contributed by atoms with Gasteiger partial charge in [0.2, 0.25) is 0 Å². The van der Waals surface area contributed by atoms with E-state index < -0.39 is 0 Å². The van der Waals surface area contributed by atoms with Crippen LogP contribution in [-0.2, 0) is 13.1 Å². The van der Waals surface area contributed by atoms with Crippen LogP contribution in [0.3, 0.4) is 0 Å². The lowest BCUT2D eigenvalue weighted by molar-refractivity contribution is 0.302. The van der Waals surface area contributed by atoms with Crippen LogP contribution in [-0.4, -0.2) is 17.1 Å². The molecule has 0 fully saturated rings. The highest BCUT2D eigenvalue weighted by atomic mass is 79.9. The van der Waals surface area contributed by atoms with Crippen LogP contribution in [0, 0.1) is 6.92 Å². The van der Waals surface area contributed by atoms with Gasteiger partial charge >= 0.3 is 0 Å². The number of halogens is 1. The summed E-state index contributed by atoms with van der Waals surface area (Å²) in [5.41, 5.74) is 8.82. The van der Waals surface area contributed by atoms with Gasteiger partial charge in [0.1, 0.15) is 5.76 Å². The fraction of sp³-hybridized carbons (Fsp3) is 0.308. The van der Waals surface area contributed by atoms with E-state index in [1.807, 2.05) is 38.2 Å². The lowest BCUT2D eigenvalue weighted by Gasteiger charge is -2.16. The molecule has 5 heteroatoms. The number of aromatic nitrogens is 1. The molecule has 0 bridgehead atoms. The third-order valence-corrected chi connectivity index (χ3v) is 3.15. The number of aryl methyl sites for hydroxylation is 1. The number of rotatable bonds is 4. The standard InChI is InChI=1S/C13H16BrN3O/c1-9-5-12(16-18-9)8-17(2)7-10-3-4-11(14)6-13(10)15/h3-6H,7-8,15H2,1-2H3. The Kier molecular flexibility index (Phi) is 4.04. The van der Waals surface area contributed by atoms with Crippen molar-refractivity contribution >= 4 is 21.6 Å². The van der Waals surface area contributed by atoms with Gasteiger partial charge in [-0.2, -0.15) is 0 Å². The van der Waals surface area contributed by atoms with Crippen LogP contribution in [0.4, 0.5) is 5.69 Å². The van der Waals surface area contributed by atoms with Crippen molar-refractivity contribution in [3.05, 3.63) is 45.8 Å². The maximum absolute atomic E-state index is 5.98. The molecule has 96 valence electrons. The van der Waals surface area contributed by atoms with Crippen LogP contribution in [0.15, 0.2) is 33.3 Å². The second-order valence-electron chi connectivity index (χ2n) is 4.44. The van der Waals surface area contributed by atoms with Crippen LogP contribution in [0.5, 0.6) is 0 Å². The maximum atomic E-state index is 5.98. The number of hydrogen-bond acceptors (Lipinski definition) is 4. The van der Waals surface area contributed by atoms with Crippen molar-refractivity contribution in [1.29, 1.82) is 0 Å². The first kappa shape index (κ1) is 13.1. The van der Waals surface area contributed by atoms with Gasteiger partial charge in [-0.3, -0.25) is 4.90 Å². The largest absolute Gasteiger partial charge is 0.398 e. The summed E-state index contributed by atoms with van der Waals surface area (Å²) in [6.07, 6.45) is 0. The molecule has 0 radical (unpaired) electrons. The Balaban J connectivity index is 2.00. The molecule has 2 rings (SSSR count). The number of anilines is 1. The summed E-state index contributed by atoms with van der Waals surface area (Å²) in [7, 11) is 2.03. The minimum absolute atomic E-state index is 0.743. The zero-order valence-corrected chi connectivity index (χ0v) is 12.1. The average molecular weight is 310 g/mol. The molecule has 0 atom stereocenters. The van der Waals surface area contributed by atoms with E-state index in [9.17, 15) is 0 Å². The summed E-state index contributed by atoms with van der Waals surface area (Å²) in [6.45, 7) is 3.42. The first-order valence-corrected chi connectivity index (χ1v) is 6.48. The Hall–Kier alpha value is -1.33. The fourth-order valence-electron chi connectivity index (χ4n) is 1.83. The Labute approximate surface area is 115 Å². The van der Waals surface area contributed by atoms with Crippen LogP contribution >= 0.6 is 15.9 Å². The van der Waals surface area contributed by atoms with E-state index >= 15 is 0 Å². The second kappa shape index (κ2) is 5.54. The molecular formula is C13H16BrN3O. The van der Waals surface area contributed by atoms with Gasteiger partial charge in [0.25, 0.3) is 0 Å². The normalized spacial score (nSPS) is 11.1. The zero-order chi connectivity index (χ0) is 13.1. The Bertz CT molecular complexity index is 539. The highest BCUT2D eigenvalue weighted by molar-refractivity contribution is 9.10. The molecule has 0 spiro atoms. The number of benzene rings is 1. The summed E-state index contributed by atoms with van der Waals surface area (Å²) in [5.74, 6) is 0.835. The average Bonchev–Trinajstić information content (AvgIpc) is 2.68. The van der Waals surface area contributed by atoms with Gasteiger partial charge in [-0.05, 0) is 31.7 Å². The van der Waals surface area contributed by atoms with Crippen molar-refractivity contribution in [1.82, 2.24) is 10.1 Å². The topological polar surface area (TPSA) is 55.3 Å². The summed E-state index contributed by atoms with van der Waals surface area (Å²) in [4.78, 5) is 2.15. The van der Waals surface area contributed by atoms with Crippen molar-refractivity contribution in [3.8, 4) is 0 Å². The van der Waals surface area contributed by atoms with Crippen molar-refractivity contribution in [3.63, 3.8) is 0 Å². The van der Waals surface area contributed by atoms with E-state index in [4.69, 9.17) is 10.3 Å². The summed E-state index contributed by atoms with van der Waals surface area (Å²) < 4.78 is 6.05. The van der Waals surface area contributed by atoms with Gasteiger partial charge in [-0.25, -0.2) is 0 Å². The molecule has 0 aliphatic rings. The Morgan fingerprint density at radius 2 is 2.11 bits per heavy atom. The molecule has 0 saturated carbocycles. The van der Waals surface area contributed by atoms with Crippen LogP contribution < -0.4 is 5.73 Å². The van der Waals surface area contributed by atoms with Crippen molar-refractivity contribution in [2.24, 2.45) is 0 Å². The third kappa shape index (κ3) is 3.34. The SMILES string of the molecule is Cc1cc(CN(C)Cc2ccc(Br)cc2N)no1. The molecule has 0 unspecified atom stereocenters. The minimum Gasteiger partial charge on any atom is -0.398 e. The molecule has 0 aliphatic heterocycles. The van der Waals surface area contributed by atoms with E-state index in [-0.39, 0.29) is 0 Å². The van der Waals surface area contributed by atoms with Gasteiger partial charge in [0.05, 0.1) is 5.69 Å². The lowest BCUT2D eigenvalue weighted by Crippen LogP contribution is -2.18. The molecule has 1 heterocycles. The second-order valence-corrected chi connectivity index (χ2v) is 5.36. The molecule has 4 nitrogen and oxygen atoms in total. The molecule has 18 heavy (non-hydrogen) atoms. The molecule has 0 aliphatic carbocycles. The molecule has 0 saturated heterocycles. The molecule has 2 aromatic rings. The first-order chi connectivity index (χ1) is 8.54. The summed E-state index contributed by atoms with van der Waals surface area (Å²) in [5, 5.41) is 3.98. The highest BCUT2D eigenvalue weighted by Crippen LogP contribution is 2.20. The quantitative estimate of drug-likeness (QED) is 0.882. The van der Waals surface area contributed by atoms with Gasteiger partial charge in [0.15, 0.2) is 0 Å². The number of hydrogen-bond donors (Lipinski definition) is 1. The van der Waals surface area contributed by atoms with Gasteiger partial charge < -0.3 is 10.3 Å². The van der Waals surface area contributed by atoms with Crippen molar-refractivity contribution < 1.29 is 4.52 Å². The van der Waals surface area contributed by atoms with Gasteiger partial charge in [-0.1, -0.05) is 27.2 Å². The highest BCUT2D eigenvalue weighted by Gasteiger charge is 2.07. The monoisotopic (exact) mass is 309 g/mol. The number of nitrogens with two attached hydrogens (primary N) is 1. The maximum Gasteiger partial charge on any atom is 0.133 e. The smallest absolute Gasteiger partial charge is 0.133 e. The van der Waals surface area contributed by atoms with Crippen LogP contribution in [0.2, 0.25) is 0 Å². The minimum atomic E-state index is 0.743.